The van der Waals surface area contributed by atoms with E-state index in [-0.39, 0.29) is 6.04 Å². The van der Waals surface area contributed by atoms with Crippen molar-refractivity contribution in [2.75, 3.05) is 33.7 Å². The third-order valence-corrected chi connectivity index (χ3v) is 4.25. The van der Waals surface area contributed by atoms with E-state index in [4.69, 9.17) is 5.73 Å². The number of nitrogens with zero attached hydrogens (tertiary/aromatic N) is 2. The van der Waals surface area contributed by atoms with Crippen molar-refractivity contribution in [3.63, 3.8) is 0 Å². The second kappa shape index (κ2) is 6.51. The molecule has 2 atom stereocenters. The first-order valence-corrected chi connectivity index (χ1v) is 7.33. The molecule has 0 amide bonds. The highest BCUT2D eigenvalue weighted by atomic mass is 15.2. The third-order valence-electron chi connectivity index (χ3n) is 4.25. The maximum absolute atomic E-state index is 6.33. The highest BCUT2D eigenvalue weighted by molar-refractivity contribution is 5.25. The molecule has 2 unspecified atom stereocenters. The van der Waals surface area contributed by atoms with Gasteiger partial charge in [0.15, 0.2) is 0 Å². The van der Waals surface area contributed by atoms with Crippen LogP contribution in [-0.2, 0) is 6.42 Å². The van der Waals surface area contributed by atoms with Crippen molar-refractivity contribution in [2.24, 2.45) is 5.73 Å². The molecule has 19 heavy (non-hydrogen) atoms. The first kappa shape index (κ1) is 14.5. The predicted octanol–water partition coefficient (Wildman–Crippen LogP) is 1.88. The molecular weight excluding hydrogens is 234 g/mol. The van der Waals surface area contributed by atoms with Crippen LogP contribution in [0.15, 0.2) is 24.3 Å². The smallest absolute Gasteiger partial charge is 0.0424 e. The van der Waals surface area contributed by atoms with Crippen molar-refractivity contribution in [3.8, 4) is 0 Å². The van der Waals surface area contributed by atoms with Gasteiger partial charge in [0.2, 0.25) is 0 Å². The van der Waals surface area contributed by atoms with E-state index in [1.54, 1.807) is 0 Å². The van der Waals surface area contributed by atoms with E-state index < -0.39 is 0 Å². The standard InChI is InChI=1S/C16H27N3/c1-4-13-5-7-14(8-6-13)16(17)12-19-10-9-15(11-19)18(2)3/h5-8,15-16H,4,9-12,17H2,1-3H3. The molecular formula is C16H27N3. The maximum Gasteiger partial charge on any atom is 0.0424 e. The van der Waals surface area contributed by atoms with Crippen molar-refractivity contribution < 1.29 is 0 Å². The molecule has 3 nitrogen and oxygen atoms in total. The SMILES string of the molecule is CCc1ccc(C(N)CN2CCC(N(C)C)C2)cc1. The van der Waals surface area contributed by atoms with Crippen LogP contribution in [0.3, 0.4) is 0 Å². The number of likely N-dealkylation sites (N-methyl/N-ethyl adjacent to an activating group) is 1. The zero-order chi connectivity index (χ0) is 13.8. The average Bonchev–Trinajstić information content (AvgIpc) is 2.87. The van der Waals surface area contributed by atoms with E-state index in [9.17, 15) is 0 Å². The van der Waals surface area contributed by atoms with E-state index in [0.29, 0.717) is 6.04 Å². The lowest BCUT2D eigenvalue weighted by molar-refractivity contribution is 0.260. The van der Waals surface area contributed by atoms with Crippen LogP contribution in [0.4, 0.5) is 0 Å². The fraction of sp³-hybridized carbons (Fsp3) is 0.625. The fourth-order valence-corrected chi connectivity index (χ4v) is 2.78. The quantitative estimate of drug-likeness (QED) is 0.878. The molecule has 2 N–H and O–H groups in total. The van der Waals surface area contributed by atoms with Crippen LogP contribution in [0, 0.1) is 0 Å². The summed E-state index contributed by atoms with van der Waals surface area (Å²) in [6.07, 6.45) is 2.35. The largest absolute Gasteiger partial charge is 0.323 e. The Balaban J connectivity index is 1.88. The Morgan fingerprint density at radius 2 is 2.00 bits per heavy atom. The van der Waals surface area contributed by atoms with Crippen molar-refractivity contribution in [3.05, 3.63) is 35.4 Å². The van der Waals surface area contributed by atoms with Gasteiger partial charge in [-0.25, -0.2) is 0 Å². The molecule has 1 aromatic carbocycles. The van der Waals surface area contributed by atoms with Crippen LogP contribution in [0.5, 0.6) is 0 Å². The molecule has 0 bridgehead atoms. The van der Waals surface area contributed by atoms with Gasteiger partial charge in [-0.1, -0.05) is 31.2 Å². The lowest BCUT2D eigenvalue weighted by atomic mass is 10.0. The van der Waals surface area contributed by atoms with Gasteiger partial charge in [-0.3, -0.25) is 4.90 Å². The van der Waals surface area contributed by atoms with Crippen molar-refractivity contribution in [1.82, 2.24) is 9.80 Å². The molecule has 1 saturated heterocycles. The zero-order valence-corrected chi connectivity index (χ0v) is 12.5. The van der Waals surface area contributed by atoms with Gasteiger partial charge in [0.1, 0.15) is 0 Å². The van der Waals surface area contributed by atoms with Crippen LogP contribution in [-0.4, -0.2) is 49.6 Å². The highest BCUT2D eigenvalue weighted by Crippen LogP contribution is 2.18. The van der Waals surface area contributed by atoms with E-state index in [1.807, 2.05) is 0 Å². The van der Waals surface area contributed by atoms with Crippen molar-refractivity contribution in [1.29, 1.82) is 0 Å². The number of benzene rings is 1. The minimum absolute atomic E-state index is 0.131. The lowest BCUT2D eigenvalue weighted by Gasteiger charge is -2.23. The third kappa shape index (κ3) is 3.78. The average molecular weight is 261 g/mol. The van der Waals surface area contributed by atoms with Gasteiger partial charge in [-0.05, 0) is 44.6 Å². The normalized spacial score (nSPS) is 22.1. The van der Waals surface area contributed by atoms with E-state index in [2.05, 4.69) is 55.1 Å². The van der Waals surface area contributed by atoms with E-state index in [1.165, 1.54) is 24.1 Å². The zero-order valence-electron chi connectivity index (χ0n) is 12.5. The van der Waals surface area contributed by atoms with Gasteiger partial charge in [0, 0.05) is 25.2 Å². The topological polar surface area (TPSA) is 32.5 Å². The summed E-state index contributed by atoms with van der Waals surface area (Å²) in [5, 5.41) is 0. The van der Waals surface area contributed by atoms with Gasteiger partial charge in [-0.2, -0.15) is 0 Å². The van der Waals surface area contributed by atoms with Gasteiger partial charge in [0.05, 0.1) is 0 Å². The van der Waals surface area contributed by atoms with E-state index >= 15 is 0 Å². The minimum atomic E-state index is 0.131. The number of nitrogens with two attached hydrogens (primary N) is 1. The fourth-order valence-electron chi connectivity index (χ4n) is 2.78. The molecule has 0 aromatic heterocycles. The molecule has 1 aromatic rings. The molecule has 1 aliphatic heterocycles. The Bertz CT molecular complexity index is 385. The second-order valence-electron chi connectivity index (χ2n) is 5.87. The van der Waals surface area contributed by atoms with Crippen LogP contribution >= 0.6 is 0 Å². The highest BCUT2D eigenvalue weighted by Gasteiger charge is 2.25. The monoisotopic (exact) mass is 261 g/mol. The molecule has 106 valence electrons. The van der Waals surface area contributed by atoms with E-state index in [0.717, 1.165) is 19.5 Å². The molecule has 0 spiro atoms. The lowest BCUT2D eigenvalue weighted by Crippen LogP contribution is -2.34. The number of rotatable bonds is 5. The summed E-state index contributed by atoms with van der Waals surface area (Å²) < 4.78 is 0. The first-order valence-electron chi connectivity index (χ1n) is 7.33. The number of hydrogen-bond acceptors (Lipinski definition) is 3. The Morgan fingerprint density at radius 3 is 2.53 bits per heavy atom. The summed E-state index contributed by atoms with van der Waals surface area (Å²) in [4.78, 5) is 4.81. The van der Waals surface area contributed by atoms with Crippen molar-refractivity contribution in [2.45, 2.75) is 31.8 Å². The van der Waals surface area contributed by atoms with Gasteiger partial charge < -0.3 is 10.6 Å². The maximum atomic E-state index is 6.33. The molecule has 0 aliphatic carbocycles. The summed E-state index contributed by atoms with van der Waals surface area (Å²) >= 11 is 0. The molecule has 1 fully saturated rings. The molecule has 1 heterocycles. The van der Waals surface area contributed by atoms with Crippen LogP contribution in [0.25, 0.3) is 0 Å². The first-order chi connectivity index (χ1) is 9.10. The molecule has 0 saturated carbocycles. The van der Waals surface area contributed by atoms with Crippen LogP contribution in [0.2, 0.25) is 0 Å². The minimum Gasteiger partial charge on any atom is -0.323 e. The molecule has 1 aliphatic rings. The summed E-state index contributed by atoms with van der Waals surface area (Å²) in [5.74, 6) is 0. The van der Waals surface area contributed by atoms with Crippen molar-refractivity contribution >= 4 is 0 Å². The predicted molar refractivity (Wildman–Crippen MR) is 81.3 cm³/mol. The Labute approximate surface area is 117 Å². The summed E-state index contributed by atoms with van der Waals surface area (Å²) in [6.45, 7) is 5.47. The number of aryl methyl sites for hydroxylation is 1. The van der Waals surface area contributed by atoms with Crippen LogP contribution < -0.4 is 5.73 Å². The van der Waals surface area contributed by atoms with Gasteiger partial charge in [-0.15, -0.1) is 0 Å². The number of likely N-dealkylation sites (tertiary alicyclic amines) is 1. The summed E-state index contributed by atoms with van der Waals surface area (Å²) in [6, 6.07) is 9.58. The molecule has 0 radical (unpaired) electrons. The van der Waals surface area contributed by atoms with Gasteiger partial charge in [0.25, 0.3) is 0 Å². The summed E-state index contributed by atoms with van der Waals surface area (Å²) in [5.41, 5.74) is 8.97. The Morgan fingerprint density at radius 1 is 1.32 bits per heavy atom. The Kier molecular flexibility index (Phi) is 4.97. The van der Waals surface area contributed by atoms with Crippen LogP contribution in [0.1, 0.15) is 30.5 Å². The second-order valence-corrected chi connectivity index (χ2v) is 5.87. The van der Waals surface area contributed by atoms with Gasteiger partial charge >= 0.3 is 0 Å². The Hall–Kier alpha value is -0.900. The number of hydrogen-bond donors (Lipinski definition) is 1. The molecule has 3 heteroatoms. The summed E-state index contributed by atoms with van der Waals surface area (Å²) in [7, 11) is 4.33. The molecule has 2 rings (SSSR count).